The second-order valence-electron chi connectivity index (χ2n) is 2.15. The van der Waals surface area contributed by atoms with Gasteiger partial charge in [0, 0.05) is 17.6 Å². The summed E-state index contributed by atoms with van der Waals surface area (Å²) in [4.78, 5) is 1.11. The highest BCUT2D eigenvalue weighted by Crippen LogP contribution is 2.16. The lowest BCUT2D eigenvalue weighted by Gasteiger charge is -1.94. The van der Waals surface area contributed by atoms with Crippen LogP contribution in [-0.4, -0.2) is 18.8 Å². The normalized spacial score (nSPS) is 9.17. The second-order valence-corrected chi connectivity index (χ2v) is 3.15. The topological polar surface area (TPSA) is 29.5 Å². The molecule has 12 heavy (non-hydrogen) atoms. The van der Waals surface area contributed by atoms with E-state index in [1.54, 1.807) is 18.4 Å². The minimum absolute atomic E-state index is 0.0950. The van der Waals surface area contributed by atoms with Gasteiger partial charge in [0.1, 0.15) is 6.61 Å². The van der Waals surface area contributed by atoms with Crippen LogP contribution in [0, 0.1) is 11.8 Å². The molecule has 0 aromatic carbocycles. The number of ether oxygens (including phenoxy) is 1. The third-order valence-corrected chi connectivity index (χ3v) is 2.22. The SMILES string of the molecule is COCc1sccc1C#CCO. The standard InChI is InChI=1S/C9H10O2S/c1-11-7-9-8(3-2-5-10)4-6-12-9/h4,6,10H,5,7H2,1H3. The van der Waals surface area contributed by atoms with Crippen LogP contribution < -0.4 is 0 Å². The minimum atomic E-state index is -0.0950. The zero-order chi connectivity index (χ0) is 8.81. The van der Waals surface area contributed by atoms with Crippen LogP contribution in [0.5, 0.6) is 0 Å². The van der Waals surface area contributed by atoms with Crippen LogP contribution in [0.15, 0.2) is 11.4 Å². The van der Waals surface area contributed by atoms with Crippen LogP contribution in [0.1, 0.15) is 10.4 Å². The maximum atomic E-state index is 8.48. The molecule has 0 aliphatic rings. The van der Waals surface area contributed by atoms with E-state index in [1.807, 2.05) is 11.4 Å². The minimum Gasteiger partial charge on any atom is -0.384 e. The molecule has 0 atom stereocenters. The Balaban J connectivity index is 2.76. The van der Waals surface area contributed by atoms with Crippen molar-refractivity contribution in [3.05, 3.63) is 21.9 Å². The van der Waals surface area contributed by atoms with E-state index in [0.29, 0.717) is 6.61 Å². The predicted octanol–water partition coefficient (Wildman–Crippen LogP) is 1.24. The van der Waals surface area contributed by atoms with Gasteiger partial charge in [-0.1, -0.05) is 11.8 Å². The molecule has 0 amide bonds. The largest absolute Gasteiger partial charge is 0.384 e. The van der Waals surface area contributed by atoms with E-state index in [-0.39, 0.29) is 6.61 Å². The van der Waals surface area contributed by atoms with Gasteiger partial charge in [-0.15, -0.1) is 11.3 Å². The van der Waals surface area contributed by atoms with E-state index in [4.69, 9.17) is 9.84 Å². The summed E-state index contributed by atoms with van der Waals surface area (Å²) in [5.74, 6) is 5.46. The fraction of sp³-hybridized carbons (Fsp3) is 0.333. The van der Waals surface area contributed by atoms with Crippen molar-refractivity contribution in [1.29, 1.82) is 0 Å². The summed E-state index contributed by atoms with van der Waals surface area (Å²) >= 11 is 1.62. The van der Waals surface area contributed by atoms with Crippen LogP contribution in [0.2, 0.25) is 0 Å². The average Bonchev–Trinajstić information content (AvgIpc) is 2.50. The first kappa shape index (κ1) is 9.27. The highest BCUT2D eigenvalue weighted by Gasteiger charge is 1.99. The van der Waals surface area contributed by atoms with Gasteiger partial charge in [-0.2, -0.15) is 0 Å². The van der Waals surface area contributed by atoms with E-state index in [9.17, 15) is 0 Å². The van der Waals surface area contributed by atoms with Crippen LogP contribution in [-0.2, 0) is 11.3 Å². The molecule has 64 valence electrons. The van der Waals surface area contributed by atoms with Crippen LogP contribution >= 0.6 is 11.3 Å². The van der Waals surface area contributed by atoms with Crippen molar-refractivity contribution in [3.8, 4) is 11.8 Å². The zero-order valence-electron chi connectivity index (χ0n) is 6.83. The quantitative estimate of drug-likeness (QED) is 0.697. The molecule has 0 saturated heterocycles. The van der Waals surface area contributed by atoms with Gasteiger partial charge in [-0.05, 0) is 11.4 Å². The summed E-state index contributed by atoms with van der Waals surface area (Å²) in [5.41, 5.74) is 0.955. The van der Waals surface area contributed by atoms with Crippen molar-refractivity contribution >= 4 is 11.3 Å². The van der Waals surface area contributed by atoms with Gasteiger partial charge in [0.25, 0.3) is 0 Å². The summed E-state index contributed by atoms with van der Waals surface area (Å²) in [6.45, 7) is 0.495. The zero-order valence-corrected chi connectivity index (χ0v) is 7.65. The van der Waals surface area contributed by atoms with E-state index in [0.717, 1.165) is 10.4 Å². The number of aliphatic hydroxyl groups excluding tert-OH is 1. The number of aliphatic hydroxyl groups is 1. The van der Waals surface area contributed by atoms with Gasteiger partial charge in [-0.3, -0.25) is 0 Å². The maximum absolute atomic E-state index is 8.48. The molecule has 0 unspecified atom stereocenters. The average molecular weight is 182 g/mol. The summed E-state index contributed by atoms with van der Waals surface area (Å²) in [5, 5.41) is 10.5. The third kappa shape index (κ3) is 2.35. The molecule has 0 fully saturated rings. The van der Waals surface area contributed by atoms with Crippen LogP contribution in [0.4, 0.5) is 0 Å². The van der Waals surface area contributed by atoms with E-state index in [2.05, 4.69) is 11.8 Å². The third-order valence-electron chi connectivity index (χ3n) is 1.32. The van der Waals surface area contributed by atoms with Crippen molar-refractivity contribution in [2.45, 2.75) is 6.61 Å². The highest BCUT2D eigenvalue weighted by molar-refractivity contribution is 7.10. The highest BCUT2D eigenvalue weighted by atomic mass is 32.1. The first-order valence-corrected chi connectivity index (χ1v) is 4.41. The van der Waals surface area contributed by atoms with E-state index < -0.39 is 0 Å². The Bertz CT molecular complexity index is 293. The predicted molar refractivity (Wildman–Crippen MR) is 49.0 cm³/mol. The Labute approximate surface area is 75.8 Å². The number of rotatable bonds is 2. The van der Waals surface area contributed by atoms with Crippen LogP contribution in [0.25, 0.3) is 0 Å². The van der Waals surface area contributed by atoms with Crippen molar-refractivity contribution in [2.75, 3.05) is 13.7 Å². The van der Waals surface area contributed by atoms with Crippen molar-refractivity contribution in [3.63, 3.8) is 0 Å². The summed E-state index contributed by atoms with van der Waals surface area (Å²) in [7, 11) is 1.66. The Hall–Kier alpha value is -0.820. The maximum Gasteiger partial charge on any atom is 0.104 e. The molecule has 0 spiro atoms. The van der Waals surface area contributed by atoms with Crippen molar-refractivity contribution in [1.82, 2.24) is 0 Å². The molecule has 1 aromatic heterocycles. The fourth-order valence-corrected chi connectivity index (χ4v) is 1.63. The van der Waals surface area contributed by atoms with Gasteiger partial charge in [0.05, 0.1) is 6.61 Å². The lowest BCUT2D eigenvalue weighted by molar-refractivity contribution is 0.187. The van der Waals surface area contributed by atoms with Crippen molar-refractivity contribution < 1.29 is 9.84 Å². The van der Waals surface area contributed by atoms with Gasteiger partial charge >= 0.3 is 0 Å². The molecule has 1 rings (SSSR count). The van der Waals surface area contributed by atoms with Gasteiger partial charge in [-0.25, -0.2) is 0 Å². The van der Waals surface area contributed by atoms with Gasteiger partial charge in [0.15, 0.2) is 0 Å². The summed E-state index contributed by atoms with van der Waals surface area (Å²) in [6, 6.07) is 1.93. The van der Waals surface area contributed by atoms with Crippen LogP contribution in [0.3, 0.4) is 0 Å². The van der Waals surface area contributed by atoms with Gasteiger partial charge < -0.3 is 9.84 Å². The monoisotopic (exact) mass is 182 g/mol. The molecule has 1 aromatic rings. The Morgan fingerprint density at radius 3 is 3.17 bits per heavy atom. The first-order valence-electron chi connectivity index (χ1n) is 3.53. The van der Waals surface area contributed by atoms with Gasteiger partial charge in [0.2, 0.25) is 0 Å². The number of thiophene rings is 1. The Morgan fingerprint density at radius 2 is 2.50 bits per heavy atom. The summed E-state index contributed by atoms with van der Waals surface area (Å²) in [6.07, 6.45) is 0. The molecule has 1 N–H and O–H groups in total. The molecular formula is C9H10O2S. The van der Waals surface area contributed by atoms with E-state index in [1.165, 1.54) is 0 Å². The molecule has 0 aliphatic heterocycles. The molecule has 2 nitrogen and oxygen atoms in total. The Kier molecular flexibility index (Phi) is 3.81. The molecule has 0 radical (unpaired) electrons. The lowest BCUT2D eigenvalue weighted by Crippen LogP contribution is -1.85. The molecular weight excluding hydrogens is 172 g/mol. The number of hydrogen-bond acceptors (Lipinski definition) is 3. The summed E-state index contributed by atoms with van der Waals surface area (Å²) < 4.78 is 4.99. The first-order chi connectivity index (χ1) is 5.88. The molecule has 1 heterocycles. The molecule has 0 bridgehead atoms. The number of methoxy groups -OCH3 is 1. The molecule has 0 saturated carbocycles. The molecule has 3 heteroatoms. The smallest absolute Gasteiger partial charge is 0.104 e. The van der Waals surface area contributed by atoms with E-state index >= 15 is 0 Å². The Morgan fingerprint density at radius 1 is 1.67 bits per heavy atom. The fourth-order valence-electron chi connectivity index (χ4n) is 0.830. The molecule has 0 aliphatic carbocycles. The second kappa shape index (κ2) is 4.94. The lowest BCUT2D eigenvalue weighted by atomic mass is 10.2. The number of hydrogen-bond donors (Lipinski definition) is 1. The van der Waals surface area contributed by atoms with Crippen molar-refractivity contribution in [2.24, 2.45) is 0 Å².